The third kappa shape index (κ3) is 5.22. The van der Waals surface area contributed by atoms with Crippen molar-refractivity contribution in [3.8, 4) is 11.3 Å². The van der Waals surface area contributed by atoms with E-state index in [0.717, 1.165) is 39.4 Å². The van der Waals surface area contributed by atoms with Gasteiger partial charge in [-0.1, -0.05) is 43.0 Å². The summed E-state index contributed by atoms with van der Waals surface area (Å²) in [6.45, 7) is 5.13. The molecule has 1 aromatic heterocycles. The summed E-state index contributed by atoms with van der Waals surface area (Å²) >= 11 is 1.51. The molecule has 1 N–H and O–H groups in total. The molecule has 36 heavy (non-hydrogen) atoms. The van der Waals surface area contributed by atoms with E-state index in [2.05, 4.69) is 16.3 Å². The number of anilines is 2. The second-order valence-corrected chi connectivity index (χ2v) is 11.3. The van der Waals surface area contributed by atoms with Gasteiger partial charge in [0.15, 0.2) is 5.13 Å². The maximum atomic E-state index is 13.1. The number of nitrogens with one attached hydrogen (secondary N) is 1. The number of rotatable bonds is 6. The molecule has 0 spiro atoms. The van der Waals surface area contributed by atoms with E-state index in [-0.39, 0.29) is 11.8 Å². The summed E-state index contributed by atoms with van der Waals surface area (Å²) < 4.78 is 0. The van der Waals surface area contributed by atoms with Gasteiger partial charge in [0, 0.05) is 34.3 Å². The summed E-state index contributed by atoms with van der Waals surface area (Å²) in [6, 6.07) is 14.4. The lowest BCUT2D eigenvalue weighted by molar-refractivity contribution is -0.117. The molecule has 0 saturated heterocycles. The number of amides is 2. The van der Waals surface area contributed by atoms with Crippen LogP contribution in [-0.4, -0.2) is 47.9 Å². The summed E-state index contributed by atoms with van der Waals surface area (Å²) in [5, 5.41) is 3.65. The number of carbonyl (C=O) groups is 2. The Hall–Kier alpha value is -3.03. The highest BCUT2D eigenvalue weighted by Crippen LogP contribution is 2.36. The van der Waals surface area contributed by atoms with Gasteiger partial charge in [0.05, 0.1) is 12.2 Å². The first-order valence-corrected chi connectivity index (χ1v) is 13.7. The number of thiazole rings is 1. The molecule has 1 aliphatic carbocycles. The van der Waals surface area contributed by atoms with Crippen molar-refractivity contribution in [1.29, 1.82) is 0 Å². The first kappa shape index (κ1) is 24.7. The molecule has 2 heterocycles. The smallest absolute Gasteiger partial charge is 0.258 e. The zero-order valence-electron chi connectivity index (χ0n) is 21.3. The molecule has 2 aromatic carbocycles. The fraction of sp³-hybridized carbons (Fsp3) is 0.414. The predicted octanol–water partition coefficient (Wildman–Crippen LogP) is 5.83. The summed E-state index contributed by atoms with van der Waals surface area (Å²) in [4.78, 5) is 35.6. The van der Waals surface area contributed by atoms with Crippen molar-refractivity contribution >= 4 is 34.0 Å². The number of hydrogen-bond acceptors (Lipinski definition) is 5. The van der Waals surface area contributed by atoms with Crippen molar-refractivity contribution in [2.45, 2.75) is 58.4 Å². The Kier molecular flexibility index (Phi) is 7.21. The Morgan fingerprint density at radius 1 is 1.08 bits per heavy atom. The van der Waals surface area contributed by atoms with Gasteiger partial charge < -0.3 is 10.2 Å². The van der Waals surface area contributed by atoms with Crippen LogP contribution in [0.15, 0.2) is 42.5 Å². The SMILES string of the molecule is Cc1ccc(C(=O)N2CCc3cc(-c4nc(NC(=O)CN(C)C5CCCCC5)sc4C)ccc32)cc1. The molecule has 7 heteroatoms. The van der Waals surface area contributed by atoms with Gasteiger partial charge in [-0.05, 0) is 70.0 Å². The van der Waals surface area contributed by atoms with Crippen molar-refractivity contribution in [2.24, 2.45) is 0 Å². The minimum atomic E-state index is -0.0115. The molecule has 3 aromatic rings. The highest BCUT2D eigenvalue weighted by molar-refractivity contribution is 7.16. The molecule has 1 saturated carbocycles. The van der Waals surface area contributed by atoms with Crippen molar-refractivity contribution in [3.05, 3.63) is 64.0 Å². The highest BCUT2D eigenvalue weighted by Gasteiger charge is 2.26. The minimum absolute atomic E-state index is 0.0115. The quantitative estimate of drug-likeness (QED) is 0.460. The normalized spacial score (nSPS) is 15.8. The van der Waals surface area contributed by atoms with Crippen LogP contribution >= 0.6 is 11.3 Å². The Balaban J connectivity index is 1.27. The van der Waals surface area contributed by atoms with Crippen LogP contribution in [0.25, 0.3) is 11.3 Å². The standard InChI is InChI=1S/C29H34N4O2S/c1-19-9-11-21(12-10-19)28(35)33-16-15-22-17-23(13-14-25(22)33)27-20(2)36-29(31-27)30-26(34)18-32(3)24-7-5-4-6-8-24/h9-14,17,24H,4-8,15-16,18H2,1-3H3,(H,30,31,34). The van der Waals surface area contributed by atoms with E-state index in [0.29, 0.717) is 29.8 Å². The van der Waals surface area contributed by atoms with Gasteiger partial charge in [0.2, 0.25) is 5.91 Å². The summed E-state index contributed by atoms with van der Waals surface area (Å²) in [5.41, 5.74) is 5.89. The van der Waals surface area contributed by atoms with E-state index in [1.807, 2.05) is 62.2 Å². The number of fused-ring (bicyclic) bond motifs is 1. The second kappa shape index (κ2) is 10.5. The zero-order valence-corrected chi connectivity index (χ0v) is 22.2. The van der Waals surface area contributed by atoms with Crippen molar-refractivity contribution in [2.75, 3.05) is 30.4 Å². The number of benzene rings is 2. The van der Waals surface area contributed by atoms with E-state index >= 15 is 0 Å². The van der Waals surface area contributed by atoms with Gasteiger partial charge in [0.25, 0.3) is 5.91 Å². The molecule has 1 aliphatic heterocycles. The lowest BCUT2D eigenvalue weighted by Crippen LogP contribution is -2.39. The number of nitrogens with zero attached hydrogens (tertiary/aromatic N) is 3. The average molecular weight is 503 g/mol. The fourth-order valence-electron chi connectivity index (χ4n) is 5.37. The summed E-state index contributed by atoms with van der Waals surface area (Å²) in [5.74, 6) is 0.0251. The van der Waals surface area contributed by atoms with Crippen LogP contribution in [0.2, 0.25) is 0 Å². The van der Waals surface area contributed by atoms with Crippen LogP contribution in [0.5, 0.6) is 0 Å². The molecular formula is C29H34N4O2S. The first-order valence-electron chi connectivity index (χ1n) is 12.9. The van der Waals surface area contributed by atoms with E-state index in [1.54, 1.807) is 0 Å². The van der Waals surface area contributed by atoms with Crippen LogP contribution < -0.4 is 10.2 Å². The van der Waals surface area contributed by atoms with E-state index in [4.69, 9.17) is 4.98 Å². The van der Waals surface area contributed by atoms with Gasteiger partial charge in [0.1, 0.15) is 0 Å². The van der Waals surface area contributed by atoms with Gasteiger partial charge in [-0.25, -0.2) is 4.98 Å². The highest BCUT2D eigenvalue weighted by atomic mass is 32.1. The monoisotopic (exact) mass is 502 g/mol. The van der Waals surface area contributed by atoms with Crippen LogP contribution in [0.3, 0.4) is 0 Å². The maximum absolute atomic E-state index is 13.1. The molecule has 2 amide bonds. The van der Waals surface area contributed by atoms with E-state index in [1.165, 1.54) is 43.4 Å². The fourth-order valence-corrected chi connectivity index (χ4v) is 6.22. The second-order valence-electron chi connectivity index (χ2n) is 10.1. The number of likely N-dealkylation sites (N-methyl/N-ethyl adjacent to an activating group) is 1. The molecule has 5 rings (SSSR count). The Bertz CT molecular complexity index is 1260. The zero-order chi connectivity index (χ0) is 25.2. The molecule has 2 aliphatic rings. The summed E-state index contributed by atoms with van der Waals surface area (Å²) in [7, 11) is 2.05. The number of carbonyl (C=O) groups excluding carboxylic acids is 2. The summed E-state index contributed by atoms with van der Waals surface area (Å²) in [6.07, 6.45) is 6.99. The largest absolute Gasteiger partial charge is 0.308 e. The molecular weight excluding hydrogens is 468 g/mol. The Morgan fingerprint density at radius 3 is 2.58 bits per heavy atom. The molecule has 6 nitrogen and oxygen atoms in total. The predicted molar refractivity (Wildman–Crippen MR) is 147 cm³/mol. The molecule has 0 bridgehead atoms. The lowest BCUT2D eigenvalue weighted by atomic mass is 9.94. The lowest BCUT2D eigenvalue weighted by Gasteiger charge is -2.30. The average Bonchev–Trinajstić information content (AvgIpc) is 3.47. The van der Waals surface area contributed by atoms with Crippen LogP contribution in [0, 0.1) is 13.8 Å². The Morgan fingerprint density at radius 2 is 1.83 bits per heavy atom. The van der Waals surface area contributed by atoms with Crippen molar-refractivity contribution in [1.82, 2.24) is 9.88 Å². The minimum Gasteiger partial charge on any atom is -0.308 e. The molecule has 0 atom stereocenters. The number of aromatic nitrogens is 1. The molecule has 1 fully saturated rings. The van der Waals surface area contributed by atoms with Gasteiger partial charge >= 0.3 is 0 Å². The first-order chi connectivity index (χ1) is 17.4. The van der Waals surface area contributed by atoms with Gasteiger partial charge in [-0.15, -0.1) is 11.3 Å². The van der Waals surface area contributed by atoms with Gasteiger partial charge in [-0.2, -0.15) is 0 Å². The van der Waals surface area contributed by atoms with Crippen molar-refractivity contribution < 1.29 is 9.59 Å². The van der Waals surface area contributed by atoms with Crippen LogP contribution in [0.4, 0.5) is 10.8 Å². The molecule has 188 valence electrons. The van der Waals surface area contributed by atoms with Gasteiger partial charge in [-0.3, -0.25) is 14.5 Å². The topological polar surface area (TPSA) is 65.5 Å². The van der Waals surface area contributed by atoms with E-state index in [9.17, 15) is 9.59 Å². The molecule has 0 unspecified atom stereocenters. The van der Waals surface area contributed by atoms with E-state index < -0.39 is 0 Å². The molecule has 0 radical (unpaired) electrons. The number of aryl methyl sites for hydroxylation is 2. The maximum Gasteiger partial charge on any atom is 0.258 e. The third-order valence-corrected chi connectivity index (χ3v) is 8.31. The Labute approximate surface area is 217 Å². The van der Waals surface area contributed by atoms with Crippen molar-refractivity contribution in [3.63, 3.8) is 0 Å². The third-order valence-electron chi connectivity index (χ3n) is 7.43. The van der Waals surface area contributed by atoms with Crippen LogP contribution in [-0.2, 0) is 11.2 Å². The van der Waals surface area contributed by atoms with Crippen LogP contribution in [0.1, 0.15) is 58.5 Å². The number of hydrogen-bond donors (Lipinski definition) is 1.